The molecular formula is C9H6BrN5S. The number of aromatic nitrogens is 4. The summed E-state index contributed by atoms with van der Waals surface area (Å²) in [5.74, 6) is 0.231. The van der Waals surface area contributed by atoms with Gasteiger partial charge in [-0.1, -0.05) is 0 Å². The predicted molar refractivity (Wildman–Crippen MR) is 67.1 cm³/mol. The minimum Gasteiger partial charge on any atom is -0.368 e. The largest absolute Gasteiger partial charge is 0.368 e. The average molecular weight is 296 g/mol. The van der Waals surface area contributed by atoms with Crippen LogP contribution in [0.5, 0.6) is 0 Å². The van der Waals surface area contributed by atoms with Crippen molar-refractivity contribution in [3.63, 3.8) is 0 Å². The molecular weight excluding hydrogens is 290 g/mol. The maximum atomic E-state index is 5.65. The average Bonchev–Trinajstić information content (AvgIpc) is 2.84. The number of imidazole rings is 1. The molecule has 0 spiro atoms. The fraction of sp³-hybridized carbons (Fsp3) is 0. The molecule has 7 heteroatoms. The molecule has 5 nitrogen and oxygen atoms in total. The zero-order valence-electron chi connectivity index (χ0n) is 7.94. The van der Waals surface area contributed by atoms with Crippen LogP contribution in [0.3, 0.4) is 0 Å². The van der Waals surface area contributed by atoms with Gasteiger partial charge in [-0.15, -0.1) is 11.3 Å². The normalized spacial score (nSPS) is 11.1. The van der Waals surface area contributed by atoms with E-state index >= 15 is 0 Å². The molecule has 0 saturated heterocycles. The Balaban J connectivity index is 2.38. The van der Waals surface area contributed by atoms with Gasteiger partial charge in [0.05, 0.1) is 11.2 Å². The van der Waals surface area contributed by atoms with Gasteiger partial charge in [0, 0.05) is 4.47 Å². The SMILES string of the molecule is Nc1nc(-c2sccc2Br)c2[nH]cnc2n1. The Kier molecular flexibility index (Phi) is 2.15. The van der Waals surface area contributed by atoms with E-state index in [1.807, 2.05) is 11.4 Å². The second-order valence-corrected chi connectivity index (χ2v) is 4.90. The van der Waals surface area contributed by atoms with Crippen LogP contribution in [0.1, 0.15) is 0 Å². The Morgan fingerprint density at radius 1 is 1.38 bits per heavy atom. The first-order chi connectivity index (χ1) is 7.75. The standard InChI is InChI=1S/C9H6BrN5S/c10-4-1-2-16-7(4)5-6-8(13-3-12-6)15-9(11)14-5/h1-3H,(H3,11,12,13,14,15). The highest BCUT2D eigenvalue weighted by Crippen LogP contribution is 2.35. The molecule has 0 atom stereocenters. The highest BCUT2D eigenvalue weighted by atomic mass is 79.9. The number of hydrogen-bond donors (Lipinski definition) is 2. The lowest BCUT2D eigenvalue weighted by Crippen LogP contribution is -1.97. The Bertz CT molecular complexity index is 659. The van der Waals surface area contributed by atoms with Gasteiger partial charge in [0.25, 0.3) is 0 Å². The van der Waals surface area contributed by atoms with E-state index in [0.29, 0.717) is 5.65 Å². The molecule has 3 rings (SSSR count). The predicted octanol–water partition coefficient (Wildman–Crippen LogP) is 2.43. The number of fused-ring (bicyclic) bond motifs is 1. The first-order valence-electron chi connectivity index (χ1n) is 4.45. The van der Waals surface area contributed by atoms with E-state index in [4.69, 9.17) is 5.73 Å². The molecule has 0 aromatic carbocycles. The molecule has 0 aliphatic rings. The maximum Gasteiger partial charge on any atom is 0.222 e. The van der Waals surface area contributed by atoms with Crippen LogP contribution in [0.4, 0.5) is 5.95 Å². The molecule has 0 amide bonds. The van der Waals surface area contributed by atoms with Crippen LogP contribution in [0, 0.1) is 0 Å². The molecule has 0 unspecified atom stereocenters. The third-order valence-corrected chi connectivity index (χ3v) is 3.98. The Morgan fingerprint density at radius 2 is 2.25 bits per heavy atom. The van der Waals surface area contributed by atoms with Crippen LogP contribution >= 0.6 is 27.3 Å². The maximum absolute atomic E-state index is 5.65. The number of hydrogen-bond acceptors (Lipinski definition) is 5. The van der Waals surface area contributed by atoms with E-state index in [9.17, 15) is 0 Å². The third kappa shape index (κ3) is 1.40. The molecule has 0 fully saturated rings. The highest BCUT2D eigenvalue weighted by Gasteiger charge is 2.13. The summed E-state index contributed by atoms with van der Waals surface area (Å²) in [5.41, 5.74) is 7.82. The van der Waals surface area contributed by atoms with Crippen LogP contribution in [0.25, 0.3) is 21.7 Å². The monoisotopic (exact) mass is 295 g/mol. The molecule has 0 radical (unpaired) electrons. The summed E-state index contributed by atoms with van der Waals surface area (Å²) in [6, 6.07) is 1.97. The quantitative estimate of drug-likeness (QED) is 0.722. The van der Waals surface area contributed by atoms with Gasteiger partial charge in [-0.3, -0.25) is 0 Å². The lowest BCUT2D eigenvalue weighted by molar-refractivity contribution is 1.22. The van der Waals surface area contributed by atoms with Gasteiger partial charge in [0.2, 0.25) is 5.95 Å². The first kappa shape index (κ1) is 9.73. The van der Waals surface area contributed by atoms with Gasteiger partial charge >= 0.3 is 0 Å². The smallest absolute Gasteiger partial charge is 0.222 e. The van der Waals surface area contributed by atoms with Crippen LogP contribution in [-0.4, -0.2) is 19.9 Å². The molecule has 3 heterocycles. The van der Waals surface area contributed by atoms with Crippen molar-refractivity contribution in [2.75, 3.05) is 5.73 Å². The van der Waals surface area contributed by atoms with Crippen LogP contribution < -0.4 is 5.73 Å². The molecule has 80 valence electrons. The number of nitrogens with two attached hydrogens (primary N) is 1. The molecule has 3 N–H and O–H groups in total. The second kappa shape index (κ2) is 3.53. The summed E-state index contributed by atoms with van der Waals surface area (Å²) in [7, 11) is 0. The van der Waals surface area contributed by atoms with Gasteiger partial charge in [-0.2, -0.15) is 4.98 Å². The van der Waals surface area contributed by atoms with Crippen LogP contribution in [0.2, 0.25) is 0 Å². The number of nitrogens with one attached hydrogen (secondary N) is 1. The number of rotatable bonds is 1. The van der Waals surface area contributed by atoms with E-state index in [1.165, 1.54) is 0 Å². The second-order valence-electron chi connectivity index (χ2n) is 3.13. The number of aromatic amines is 1. The fourth-order valence-electron chi connectivity index (χ4n) is 1.48. The molecule has 0 aliphatic heterocycles. The van der Waals surface area contributed by atoms with Gasteiger partial charge in [0.15, 0.2) is 5.65 Å². The zero-order chi connectivity index (χ0) is 11.1. The van der Waals surface area contributed by atoms with Gasteiger partial charge < -0.3 is 10.7 Å². The van der Waals surface area contributed by atoms with Gasteiger partial charge in [-0.25, -0.2) is 9.97 Å². The number of halogens is 1. The highest BCUT2D eigenvalue weighted by molar-refractivity contribution is 9.10. The third-order valence-electron chi connectivity index (χ3n) is 2.14. The van der Waals surface area contributed by atoms with E-state index in [1.54, 1.807) is 17.7 Å². The minimum atomic E-state index is 0.231. The molecule has 0 saturated carbocycles. The van der Waals surface area contributed by atoms with Gasteiger partial charge in [-0.05, 0) is 27.4 Å². The number of thiophene rings is 1. The summed E-state index contributed by atoms with van der Waals surface area (Å²) in [5, 5.41) is 1.99. The van der Waals surface area contributed by atoms with Crippen molar-refractivity contribution in [2.24, 2.45) is 0 Å². The number of anilines is 1. The summed E-state index contributed by atoms with van der Waals surface area (Å²) in [4.78, 5) is 16.4. The molecule has 0 bridgehead atoms. The van der Waals surface area contributed by atoms with Crippen molar-refractivity contribution in [3.05, 3.63) is 22.2 Å². The summed E-state index contributed by atoms with van der Waals surface area (Å²) < 4.78 is 0.992. The van der Waals surface area contributed by atoms with E-state index < -0.39 is 0 Å². The van der Waals surface area contributed by atoms with E-state index in [0.717, 1.165) is 20.6 Å². The Hall–Kier alpha value is -1.47. The summed E-state index contributed by atoms with van der Waals surface area (Å²) in [6.07, 6.45) is 1.59. The Labute approximate surface area is 103 Å². The van der Waals surface area contributed by atoms with Crippen molar-refractivity contribution < 1.29 is 0 Å². The van der Waals surface area contributed by atoms with Crippen molar-refractivity contribution in [3.8, 4) is 10.6 Å². The molecule has 3 aromatic heterocycles. The van der Waals surface area contributed by atoms with E-state index in [2.05, 4.69) is 35.9 Å². The van der Waals surface area contributed by atoms with Gasteiger partial charge in [0.1, 0.15) is 11.2 Å². The number of H-pyrrole nitrogens is 1. The number of nitrogens with zero attached hydrogens (tertiary/aromatic N) is 3. The summed E-state index contributed by atoms with van der Waals surface area (Å²) in [6.45, 7) is 0. The van der Waals surface area contributed by atoms with Crippen molar-refractivity contribution in [1.29, 1.82) is 0 Å². The van der Waals surface area contributed by atoms with Crippen LogP contribution in [0.15, 0.2) is 22.2 Å². The number of nitrogen functional groups attached to an aromatic ring is 1. The minimum absolute atomic E-state index is 0.231. The van der Waals surface area contributed by atoms with E-state index in [-0.39, 0.29) is 5.95 Å². The fourth-order valence-corrected chi connectivity index (χ4v) is 3.03. The van der Waals surface area contributed by atoms with Crippen molar-refractivity contribution in [1.82, 2.24) is 19.9 Å². The zero-order valence-corrected chi connectivity index (χ0v) is 10.3. The lowest BCUT2D eigenvalue weighted by atomic mass is 10.3. The molecule has 3 aromatic rings. The van der Waals surface area contributed by atoms with Crippen molar-refractivity contribution in [2.45, 2.75) is 0 Å². The summed E-state index contributed by atoms with van der Waals surface area (Å²) >= 11 is 5.07. The lowest BCUT2D eigenvalue weighted by Gasteiger charge is -2.00. The van der Waals surface area contributed by atoms with Crippen LogP contribution in [-0.2, 0) is 0 Å². The molecule has 16 heavy (non-hydrogen) atoms. The Morgan fingerprint density at radius 3 is 3.00 bits per heavy atom. The first-order valence-corrected chi connectivity index (χ1v) is 6.13. The molecule has 0 aliphatic carbocycles. The van der Waals surface area contributed by atoms with Crippen molar-refractivity contribution >= 4 is 44.4 Å². The topological polar surface area (TPSA) is 80.5 Å².